The summed E-state index contributed by atoms with van der Waals surface area (Å²) in [6, 6.07) is 1.18. The summed E-state index contributed by atoms with van der Waals surface area (Å²) in [6.07, 6.45) is -14.3. The molecule has 0 unspecified atom stereocenters. The van der Waals surface area contributed by atoms with Crippen molar-refractivity contribution in [1.29, 1.82) is 0 Å². The van der Waals surface area contributed by atoms with E-state index in [1.807, 2.05) is 5.32 Å². The molecule has 0 spiro atoms. The van der Waals surface area contributed by atoms with Gasteiger partial charge >= 0.3 is 18.5 Å². The Bertz CT molecular complexity index is 1200. The summed E-state index contributed by atoms with van der Waals surface area (Å²) in [7, 11) is 0. The number of aromatic nitrogens is 4. The fourth-order valence-electron chi connectivity index (χ4n) is 2.82. The zero-order valence-electron chi connectivity index (χ0n) is 17.0. The van der Waals surface area contributed by atoms with Crippen LogP contribution in [-0.4, -0.2) is 25.7 Å². The summed E-state index contributed by atoms with van der Waals surface area (Å²) >= 11 is 5.70. The lowest BCUT2D eigenvalue weighted by Gasteiger charge is -2.17. The topological polar surface area (TPSA) is 72.7 Å². The maximum atomic E-state index is 13.2. The first-order valence-corrected chi connectivity index (χ1v) is 9.61. The van der Waals surface area contributed by atoms with E-state index >= 15 is 0 Å². The van der Waals surface area contributed by atoms with Gasteiger partial charge in [0.05, 0.1) is 22.2 Å². The minimum Gasteiger partial charge on any atom is -0.342 e. The van der Waals surface area contributed by atoms with E-state index in [9.17, 15) is 44.3 Å². The van der Waals surface area contributed by atoms with Gasteiger partial charge in [-0.05, 0) is 37.3 Å². The molecule has 6 nitrogen and oxygen atoms in total. The Labute approximate surface area is 194 Å². The summed E-state index contributed by atoms with van der Waals surface area (Å²) in [5.74, 6) is -3.81. The Kier molecular flexibility index (Phi) is 6.76. The van der Waals surface area contributed by atoms with E-state index in [1.54, 1.807) is 0 Å². The Morgan fingerprint density at radius 2 is 1.51 bits per heavy atom. The average Bonchev–Trinajstić information content (AvgIpc) is 3.19. The standard InChI is InChI=1S/C19H11ClF9N5O/c1-8(14-32-16(19(27,28)29)33-34(14)13-3-2-12(20)7-30-13)31-15(35)9-4-10(17(21,22)23)6-11(5-9)18(24,25)26/h2-8H,1H3,(H,31,35)/t8-/m0/s1. The first kappa shape index (κ1) is 26.2. The fraction of sp³-hybridized carbons (Fsp3) is 0.263. The number of carbonyl (C=O) groups is 1. The average molecular weight is 532 g/mol. The number of hydrogen-bond donors (Lipinski definition) is 1. The second-order valence-electron chi connectivity index (χ2n) is 7.03. The van der Waals surface area contributed by atoms with Crippen LogP contribution in [0.2, 0.25) is 5.02 Å². The lowest BCUT2D eigenvalue weighted by molar-refractivity contribution is -0.145. The van der Waals surface area contributed by atoms with Crippen molar-refractivity contribution in [3.05, 3.63) is 69.9 Å². The Balaban J connectivity index is 2.01. The van der Waals surface area contributed by atoms with Gasteiger partial charge < -0.3 is 5.32 Å². The number of rotatable bonds is 4. The quantitative estimate of drug-likeness (QED) is 0.428. The third kappa shape index (κ3) is 6.01. The smallest absolute Gasteiger partial charge is 0.342 e. The van der Waals surface area contributed by atoms with Crippen LogP contribution in [0.4, 0.5) is 39.5 Å². The molecule has 0 radical (unpaired) electrons. The lowest BCUT2D eigenvalue weighted by atomic mass is 10.0. The van der Waals surface area contributed by atoms with Crippen LogP contribution in [0.25, 0.3) is 5.82 Å². The molecule has 0 aliphatic rings. The molecule has 1 atom stereocenters. The van der Waals surface area contributed by atoms with Crippen molar-refractivity contribution in [3.63, 3.8) is 0 Å². The maximum absolute atomic E-state index is 13.2. The van der Waals surface area contributed by atoms with Crippen molar-refractivity contribution in [3.8, 4) is 5.82 Å². The van der Waals surface area contributed by atoms with Gasteiger partial charge in [0.15, 0.2) is 11.6 Å². The molecule has 3 rings (SSSR count). The predicted molar refractivity (Wildman–Crippen MR) is 101 cm³/mol. The zero-order valence-corrected chi connectivity index (χ0v) is 17.8. The first-order valence-electron chi connectivity index (χ1n) is 9.23. The van der Waals surface area contributed by atoms with Gasteiger partial charge in [-0.25, -0.2) is 9.97 Å². The number of amides is 1. The third-order valence-electron chi connectivity index (χ3n) is 4.40. The van der Waals surface area contributed by atoms with E-state index in [1.165, 1.54) is 12.1 Å². The molecule has 16 heteroatoms. The van der Waals surface area contributed by atoms with E-state index in [-0.39, 0.29) is 29.0 Å². The molecular weight excluding hydrogens is 521 g/mol. The van der Waals surface area contributed by atoms with Gasteiger partial charge in [-0.15, -0.1) is 5.10 Å². The minimum atomic E-state index is -5.20. The predicted octanol–water partition coefficient (Wildman–Crippen LogP) is 5.86. The van der Waals surface area contributed by atoms with Gasteiger partial charge in [0.25, 0.3) is 11.7 Å². The van der Waals surface area contributed by atoms with Crippen molar-refractivity contribution in [2.75, 3.05) is 0 Å². The summed E-state index contributed by atoms with van der Waals surface area (Å²) < 4.78 is 119. The van der Waals surface area contributed by atoms with Crippen molar-refractivity contribution in [1.82, 2.24) is 25.1 Å². The summed E-state index contributed by atoms with van der Waals surface area (Å²) in [5.41, 5.74) is -4.50. The van der Waals surface area contributed by atoms with Crippen molar-refractivity contribution in [2.45, 2.75) is 31.5 Å². The molecule has 2 aromatic heterocycles. The molecule has 1 amide bonds. The number of halogens is 10. The van der Waals surface area contributed by atoms with E-state index in [2.05, 4.69) is 15.1 Å². The first-order chi connectivity index (χ1) is 16.0. The molecule has 1 aromatic carbocycles. The molecule has 35 heavy (non-hydrogen) atoms. The minimum absolute atomic E-state index is 0.137. The van der Waals surface area contributed by atoms with E-state index < -0.39 is 58.8 Å². The van der Waals surface area contributed by atoms with Crippen LogP contribution >= 0.6 is 11.6 Å². The number of hydrogen-bond acceptors (Lipinski definition) is 4. The van der Waals surface area contributed by atoms with Crippen molar-refractivity contribution >= 4 is 17.5 Å². The van der Waals surface area contributed by atoms with Crippen LogP contribution in [0.1, 0.15) is 46.1 Å². The highest BCUT2D eigenvalue weighted by molar-refractivity contribution is 6.30. The molecule has 0 fully saturated rings. The van der Waals surface area contributed by atoms with Gasteiger partial charge in [-0.3, -0.25) is 4.79 Å². The highest BCUT2D eigenvalue weighted by Crippen LogP contribution is 2.36. The molecular formula is C19H11ClF9N5O. The number of nitrogens with one attached hydrogen (secondary N) is 1. The molecule has 188 valence electrons. The molecule has 0 saturated heterocycles. The zero-order chi connectivity index (χ0) is 26.3. The number of carbonyl (C=O) groups excluding carboxylic acids is 1. The largest absolute Gasteiger partial charge is 0.453 e. The number of alkyl halides is 9. The maximum Gasteiger partial charge on any atom is 0.453 e. The van der Waals surface area contributed by atoms with Crippen LogP contribution in [0.5, 0.6) is 0 Å². The fourth-order valence-corrected chi connectivity index (χ4v) is 2.93. The van der Waals surface area contributed by atoms with Gasteiger partial charge in [0, 0.05) is 11.8 Å². The van der Waals surface area contributed by atoms with Crippen molar-refractivity contribution < 1.29 is 44.3 Å². The third-order valence-corrected chi connectivity index (χ3v) is 4.62. The number of benzene rings is 1. The Hall–Kier alpha value is -3.36. The van der Waals surface area contributed by atoms with E-state index in [0.29, 0.717) is 4.68 Å². The lowest BCUT2D eigenvalue weighted by Crippen LogP contribution is -2.29. The molecule has 0 aliphatic carbocycles. The van der Waals surface area contributed by atoms with Crippen LogP contribution < -0.4 is 5.32 Å². The Morgan fingerprint density at radius 1 is 0.943 bits per heavy atom. The van der Waals surface area contributed by atoms with Crippen LogP contribution in [0.3, 0.4) is 0 Å². The summed E-state index contributed by atoms with van der Waals surface area (Å²) in [6.45, 7) is 1.10. The molecule has 2 heterocycles. The second-order valence-corrected chi connectivity index (χ2v) is 7.46. The number of nitrogens with zero attached hydrogens (tertiary/aromatic N) is 4. The molecule has 1 N–H and O–H groups in total. The second kappa shape index (κ2) is 9.02. The highest BCUT2D eigenvalue weighted by Gasteiger charge is 2.39. The molecule has 0 bridgehead atoms. The normalized spacial score (nSPS) is 13.6. The van der Waals surface area contributed by atoms with Gasteiger partial charge in [0.1, 0.15) is 0 Å². The van der Waals surface area contributed by atoms with Crippen molar-refractivity contribution in [2.24, 2.45) is 0 Å². The van der Waals surface area contributed by atoms with E-state index in [0.717, 1.165) is 13.1 Å². The molecule has 0 saturated carbocycles. The summed E-state index contributed by atoms with van der Waals surface area (Å²) in [4.78, 5) is 19.6. The van der Waals surface area contributed by atoms with Gasteiger partial charge in [0.2, 0.25) is 0 Å². The Morgan fingerprint density at radius 3 is 1.97 bits per heavy atom. The highest BCUT2D eigenvalue weighted by atomic mass is 35.5. The molecule has 0 aliphatic heterocycles. The van der Waals surface area contributed by atoms with Crippen LogP contribution in [0.15, 0.2) is 36.5 Å². The molecule has 3 aromatic rings. The van der Waals surface area contributed by atoms with Gasteiger partial charge in [-0.1, -0.05) is 11.6 Å². The number of pyridine rings is 1. The SMILES string of the molecule is C[C@H](NC(=O)c1cc(C(F)(F)F)cc(C(F)(F)F)c1)c1nc(C(F)(F)F)nn1-c1ccc(Cl)cn1. The van der Waals surface area contributed by atoms with Crippen LogP contribution in [0, 0.1) is 0 Å². The van der Waals surface area contributed by atoms with E-state index in [4.69, 9.17) is 11.6 Å². The van der Waals surface area contributed by atoms with Gasteiger partial charge in [-0.2, -0.15) is 44.2 Å². The monoisotopic (exact) mass is 531 g/mol. The van der Waals surface area contributed by atoms with Crippen LogP contribution in [-0.2, 0) is 18.5 Å². The summed E-state index contributed by atoms with van der Waals surface area (Å²) in [5, 5.41) is 5.48.